The van der Waals surface area contributed by atoms with Gasteiger partial charge in [-0.2, -0.15) is 0 Å². The lowest BCUT2D eigenvalue weighted by molar-refractivity contribution is 0.0910. The van der Waals surface area contributed by atoms with Crippen molar-refractivity contribution >= 4 is 23.0 Å². The lowest BCUT2D eigenvalue weighted by Crippen LogP contribution is -2.34. The largest absolute Gasteiger partial charge is 0.345 e. The van der Waals surface area contributed by atoms with E-state index in [4.69, 9.17) is 0 Å². The number of ketones is 1. The zero-order chi connectivity index (χ0) is 20.6. The number of thiazole rings is 1. The van der Waals surface area contributed by atoms with E-state index in [1.165, 1.54) is 17.4 Å². The third-order valence-electron chi connectivity index (χ3n) is 4.98. The molecule has 0 saturated heterocycles. The number of Topliss-reactive ketones (excluding diaryl/α,β-unsaturated/α-hetero) is 1. The summed E-state index contributed by atoms with van der Waals surface area (Å²) in [4.78, 5) is 44.7. The average molecular weight is 407 g/mol. The Hall–Kier alpha value is -3.06. The van der Waals surface area contributed by atoms with Crippen LogP contribution in [-0.2, 0) is 13.0 Å². The minimum Gasteiger partial charge on any atom is -0.345 e. The molecule has 1 aliphatic rings. The third-order valence-corrected chi connectivity index (χ3v) is 5.83. The number of benzene rings is 1. The maximum absolute atomic E-state index is 12.6. The van der Waals surface area contributed by atoms with Crippen molar-refractivity contribution in [1.29, 1.82) is 0 Å². The number of carbonyl (C=O) groups is 2. The predicted molar refractivity (Wildman–Crippen MR) is 112 cm³/mol. The number of hydrogen-bond acceptors (Lipinski definition) is 5. The van der Waals surface area contributed by atoms with E-state index in [0.717, 1.165) is 16.3 Å². The number of carbonyl (C=O) groups excluding carboxylic acids is 2. The Bertz CT molecular complexity index is 1150. The van der Waals surface area contributed by atoms with Gasteiger partial charge in [-0.3, -0.25) is 14.4 Å². The minimum absolute atomic E-state index is 0.0448. The fraction of sp³-hybridized carbons (Fsp3) is 0.273. The Morgan fingerprint density at radius 1 is 1.21 bits per heavy atom. The summed E-state index contributed by atoms with van der Waals surface area (Å²) in [5, 5.41) is 5.41. The van der Waals surface area contributed by atoms with Gasteiger partial charge in [0.1, 0.15) is 10.6 Å². The van der Waals surface area contributed by atoms with E-state index in [0.29, 0.717) is 24.1 Å². The Morgan fingerprint density at radius 2 is 1.97 bits per heavy atom. The monoisotopic (exact) mass is 407 g/mol. The van der Waals surface area contributed by atoms with Crippen molar-refractivity contribution < 1.29 is 9.59 Å². The summed E-state index contributed by atoms with van der Waals surface area (Å²) < 4.78 is 0. The van der Waals surface area contributed by atoms with E-state index >= 15 is 0 Å². The number of pyridine rings is 1. The van der Waals surface area contributed by atoms with Crippen molar-refractivity contribution in [2.24, 2.45) is 5.41 Å². The van der Waals surface area contributed by atoms with Crippen molar-refractivity contribution in [3.8, 4) is 11.3 Å². The van der Waals surface area contributed by atoms with E-state index in [2.05, 4.69) is 15.3 Å². The number of rotatable bonds is 4. The van der Waals surface area contributed by atoms with E-state index in [1.54, 1.807) is 0 Å². The topological polar surface area (TPSA) is 91.9 Å². The number of fused-ring (bicyclic) bond motifs is 1. The molecule has 6 nitrogen and oxygen atoms in total. The molecule has 0 fully saturated rings. The number of aromatic amines is 1. The van der Waals surface area contributed by atoms with Gasteiger partial charge in [0.15, 0.2) is 5.78 Å². The SMILES string of the molecule is CC1(C)CC(=O)c2cc(C(=O)NCc3nc(-c4ccccc4)cs3)c(=O)[nH]c2C1. The molecule has 148 valence electrons. The van der Waals surface area contributed by atoms with Gasteiger partial charge in [0.2, 0.25) is 0 Å². The molecule has 2 heterocycles. The first-order chi connectivity index (χ1) is 13.8. The highest BCUT2D eigenvalue weighted by atomic mass is 32.1. The summed E-state index contributed by atoms with van der Waals surface area (Å²) in [7, 11) is 0. The van der Waals surface area contributed by atoms with Crippen LogP contribution in [0.2, 0.25) is 0 Å². The molecule has 1 amide bonds. The molecule has 0 atom stereocenters. The Balaban J connectivity index is 1.50. The first-order valence-electron chi connectivity index (χ1n) is 9.40. The van der Waals surface area contributed by atoms with Crippen LogP contribution in [0.3, 0.4) is 0 Å². The second kappa shape index (κ2) is 7.40. The highest BCUT2D eigenvalue weighted by Gasteiger charge is 2.32. The van der Waals surface area contributed by atoms with Gasteiger partial charge in [-0.1, -0.05) is 44.2 Å². The van der Waals surface area contributed by atoms with Gasteiger partial charge in [0.25, 0.3) is 11.5 Å². The van der Waals surface area contributed by atoms with Gasteiger partial charge in [-0.15, -0.1) is 11.3 Å². The highest BCUT2D eigenvalue weighted by Crippen LogP contribution is 2.33. The Morgan fingerprint density at radius 3 is 2.72 bits per heavy atom. The first kappa shape index (κ1) is 19.3. The van der Waals surface area contributed by atoms with Crippen LogP contribution in [-0.4, -0.2) is 21.7 Å². The maximum atomic E-state index is 12.6. The van der Waals surface area contributed by atoms with Gasteiger partial charge >= 0.3 is 0 Å². The molecular weight excluding hydrogens is 386 g/mol. The number of nitrogens with zero attached hydrogens (tertiary/aromatic N) is 1. The van der Waals surface area contributed by atoms with Crippen LogP contribution in [0.1, 0.15) is 51.7 Å². The molecule has 1 aromatic carbocycles. The number of nitrogens with one attached hydrogen (secondary N) is 2. The molecule has 0 bridgehead atoms. The molecule has 0 saturated carbocycles. The van der Waals surface area contributed by atoms with E-state index in [1.807, 2.05) is 49.6 Å². The first-order valence-corrected chi connectivity index (χ1v) is 10.3. The zero-order valence-electron chi connectivity index (χ0n) is 16.2. The molecule has 29 heavy (non-hydrogen) atoms. The van der Waals surface area contributed by atoms with E-state index < -0.39 is 11.5 Å². The number of amides is 1. The summed E-state index contributed by atoms with van der Waals surface area (Å²) in [6.07, 6.45) is 1.00. The molecule has 0 spiro atoms. The molecule has 3 aromatic rings. The summed E-state index contributed by atoms with van der Waals surface area (Å²) >= 11 is 1.44. The molecule has 0 radical (unpaired) electrons. The number of hydrogen-bond donors (Lipinski definition) is 2. The van der Waals surface area contributed by atoms with Gasteiger partial charge in [-0.05, 0) is 17.9 Å². The van der Waals surface area contributed by atoms with Crippen molar-refractivity contribution in [3.05, 3.63) is 74.0 Å². The summed E-state index contributed by atoms with van der Waals surface area (Å²) in [5.41, 5.74) is 2.19. The summed E-state index contributed by atoms with van der Waals surface area (Å²) in [6, 6.07) is 11.2. The zero-order valence-corrected chi connectivity index (χ0v) is 17.1. The van der Waals surface area contributed by atoms with E-state index in [-0.39, 0.29) is 23.3 Å². The molecule has 2 aromatic heterocycles. The molecule has 0 aliphatic heterocycles. The number of aromatic nitrogens is 2. The van der Waals surface area contributed by atoms with Crippen LogP contribution in [0.5, 0.6) is 0 Å². The van der Waals surface area contributed by atoms with Crippen LogP contribution < -0.4 is 10.9 Å². The number of H-pyrrole nitrogens is 1. The average Bonchev–Trinajstić information content (AvgIpc) is 3.14. The predicted octanol–water partition coefficient (Wildman–Crippen LogP) is 3.58. The molecule has 1 aliphatic carbocycles. The maximum Gasteiger partial charge on any atom is 0.261 e. The molecule has 7 heteroatoms. The van der Waals surface area contributed by atoms with Gasteiger partial charge < -0.3 is 10.3 Å². The lowest BCUT2D eigenvalue weighted by Gasteiger charge is -2.29. The minimum atomic E-state index is -0.511. The van der Waals surface area contributed by atoms with E-state index in [9.17, 15) is 14.4 Å². The van der Waals surface area contributed by atoms with Crippen LogP contribution in [0, 0.1) is 5.41 Å². The normalized spacial score (nSPS) is 15.0. The second-order valence-electron chi connectivity index (χ2n) is 8.02. The van der Waals surface area contributed by atoms with Gasteiger partial charge in [0, 0.05) is 28.6 Å². The van der Waals surface area contributed by atoms with Crippen LogP contribution >= 0.6 is 11.3 Å². The lowest BCUT2D eigenvalue weighted by atomic mass is 9.75. The van der Waals surface area contributed by atoms with Gasteiger partial charge in [-0.25, -0.2) is 4.98 Å². The Kier molecular flexibility index (Phi) is 4.92. The fourth-order valence-corrected chi connectivity index (χ4v) is 4.32. The quantitative estimate of drug-likeness (QED) is 0.691. The standard InChI is InChI=1S/C22H21N3O3S/c1-22(2)9-16-14(18(26)10-22)8-15(21(28)25-16)20(27)23-11-19-24-17(12-29-19)13-6-4-3-5-7-13/h3-8,12H,9-11H2,1-2H3,(H,23,27)(H,25,28). The van der Waals surface area contributed by atoms with Crippen LogP contribution in [0.15, 0.2) is 46.6 Å². The van der Waals surface area contributed by atoms with Gasteiger partial charge in [0.05, 0.1) is 12.2 Å². The molecule has 2 N–H and O–H groups in total. The summed E-state index contributed by atoms with van der Waals surface area (Å²) in [6.45, 7) is 4.20. The van der Waals surface area contributed by atoms with Crippen molar-refractivity contribution in [2.75, 3.05) is 0 Å². The molecule has 4 rings (SSSR count). The van der Waals surface area contributed by atoms with Crippen LogP contribution in [0.25, 0.3) is 11.3 Å². The van der Waals surface area contributed by atoms with Crippen LogP contribution in [0.4, 0.5) is 0 Å². The van der Waals surface area contributed by atoms with Crippen molar-refractivity contribution in [2.45, 2.75) is 33.2 Å². The smallest absolute Gasteiger partial charge is 0.261 e. The molecular formula is C22H21N3O3S. The highest BCUT2D eigenvalue weighted by molar-refractivity contribution is 7.09. The van der Waals surface area contributed by atoms with Crippen molar-refractivity contribution in [3.63, 3.8) is 0 Å². The summed E-state index contributed by atoms with van der Waals surface area (Å²) in [5.74, 6) is -0.558. The van der Waals surface area contributed by atoms with Crippen molar-refractivity contribution in [1.82, 2.24) is 15.3 Å². The molecule has 0 unspecified atom stereocenters. The third kappa shape index (κ3) is 4.05. The Labute approximate surface area is 172 Å². The fourth-order valence-electron chi connectivity index (χ4n) is 3.58. The second-order valence-corrected chi connectivity index (χ2v) is 8.96.